The lowest BCUT2D eigenvalue weighted by atomic mass is 10.1. The highest BCUT2D eigenvalue weighted by molar-refractivity contribution is 7.99. The first-order valence-electron chi connectivity index (χ1n) is 10.8. The highest BCUT2D eigenvalue weighted by atomic mass is 32.2. The van der Waals surface area contributed by atoms with E-state index < -0.39 is 0 Å². The van der Waals surface area contributed by atoms with Crippen LogP contribution in [0, 0.1) is 27.7 Å². The van der Waals surface area contributed by atoms with Crippen LogP contribution in [0.4, 0.5) is 0 Å². The zero-order chi connectivity index (χ0) is 23.4. The fourth-order valence-electron chi connectivity index (χ4n) is 3.84. The third kappa shape index (κ3) is 5.49. The molecule has 0 unspecified atom stereocenters. The van der Waals surface area contributed by atoms with Crippen LogP contribution in [0.1, 0.15) is 33.8 Å². The lowest BCUT2D eigenvalue weighted by molar-refractivity contribution is -0.118. The SMILES string of the molecule is Cc1ccc2c(c1)c(/C=N/NC(=O)CSc1nc(C)cc(C)n1)c(C)n2Cc1ccccc1. The fraction of sp³-hybridized carbons (Fsp3) is 0.231. The van der Waals surface area contributed by atoms with Crippen LogP contribution in [-0.2, 0) is 11.3 Å². The summed E-state index contributed by atoms with van der Waals surface area (Å²) in [5, 5.41) is 5.98. The molecule has 0 spiro atoms. The maximum absolute atomic E-state index is 12.3. The van der Waals surface area contributed by atoms with Crippen LogP contribution in [0.25, 0.3) is 10.9 Å². The largest absolute Gasteiger partial charge is 0.340 e. The van der Waals surface area contributed by atoms with Gasteiger partial charge in [0.2, 0.25) is 0 Å². The van der Waals surface area contributed by atoms with Gasteiger partial charge in [0.25, 0.3) is 5.91 Å². The second kappa shape index (κ2) is 10.0. The fourth-order valence-corrected chi connectivity index (χ4v) is 4.59. The van der Waals surface area contributed by atoms with Gasteiger partial charge in [-0.05, 0) is 51.5 Å². The molecule has 168 valence electrons. The van der Waals surface area contributed by atoms with Gasteiger partial charge >= 0.3 is 0 Å². The minimum atomic E-state index is -0.194. The Balaban J connectivity index is 1.51. The van der Waals surface area contributed by atoms with Crippen molar-refractivity contribution >= 4 is 34.8 Å². The smallest absolute Gasteiger partial charge is 0.250 e. The molecule has 2 aromatic carbocycles. The summed E-state index contributed by atoms with van der Waals surface area (Å²) < 4.78 is 2.29. The highest BCUT2D eigenvalue weighted by Gasteiger charge is 2.13. The predicted octanol–water partition coefficient (Wildman–Crippen LogP) is 4.96. The molecule has 6 nitrogen and oxygen atoms in total. The summed E-state index contributed by atoms with van der Waals surface area (Å²) in [6, 6.07) is 18.7. The number of nitrogens with zero attached hydrogens (tertiary/aromatic N) is 4. The van der Waals surface area contributed by atoms with E-state index in [-0.39, 0.29) is 11.7 Å². The van der Waals surface area contributed by atoms with Crippen LogP contribution in [-0.4, -0.2) is 32.4 Å². The van der Waals surface area contributed by atoms with E-state index in [9.17, 15) is 4.79 Å². The van der Waals surface area contributed by atoms with E-state index in [0.717, 1.165) is 40.1 Å². The molecular formula is C26H27N5OS. The van der Waals surface area contributed by atoms with E-state index in [1.807, 2.05) is 26.0 Å². The van der Waals surface area contributed by atoms with E-state index in [0.29, 0.717) is 5.16 Å². The summed E-state index contributed by atoms with van der Waals surface area (Å²) in [5.74, 6) is 0.00883. The first kappa shape index (κ1) is 22.7. The van der Waals surface area contributed by atoms with Gasteiger partial charge in [-0.2, -0.15) is 5.10 Å². The molecule has 1 N–H and O–H groups in total. The monoisotopic (exact) mass is 457 g/mol. The molecule has 1 amide bonds. The van der Waals surface area contributed by atoms with Crippen molar-refractivity contribution in [1.82, 2.24) is 20.0 Å². The van der Waals surface area contributed by atoms with E-state index in [2.05, 4.69) is 81.4 Å². The van der Waals surface area contributed by atoms with E-state index >= 15 is 0 Å². The average molecular weight is 458 g/mol. The molecule has 33 heavy (non-hydrogen) atoms. The van der Waals surface area contributed by atoms with Crippen LogP contribution in [0.3, 0.4) is 0 Å². The minimum Gasteiger partial charge on any atom is -0.340 e. The highest BCUT2D eigenvalue weighted by Crippen LogP contribution is 2.27. The summed E-state index contributed by atoms with van der Waals surface area (Å²) >= 11 is 1.30. The van der Waals surface area contributed by atoms with Crippen LogP contribution in [0.2, 0.25) is 0 Å². The molecule has 0 aliphatic rings. The van der Waals surface area contributed by atoms with Gasteiger partial charge in [-0.1, -0.05) is 53.7 Å². The van der Waals surface area contributed by atoms with Crippen LogP contribution in [0.15, 0.2) is 64.9 Å². The Hall–Kier alpha value is -3.45. The Labute approximate surface area is 198 Å². The number of fused-ring (bicyclic) bond motifs is 1. The normalized spacial score (nSPS) is 11.4. The van der Waals surface area contributed by atoms with Crippen molar-refractivity contribution in [3.05, 3.63) is 88.4 Å². The molecule has 4 rings (SSSR count). The minimum absolute atomic E-state index is 0.194. The number of hydrazone groups is 1. The quantitative estimate of drug-likeness (QED) is 0.184. The Kier molecular flexibility index (Phi) is 6.89. The van der Waals surface area contributed by atoms with Crippen LogP contribution >= 0.6 is 11.8 Å². The molecule has 0 atom stereocenters. The molecule has 0 saturated heterocycles. The summed E-state index contributed by atoms with van der Waals surface area (Å²) in [6.45, 7) is 8.79. The lowest BCUT2D eigenvalue weighted by Crippen LogP contribution is -2.20. The van der Waals surface area contributed by atoms with Crippen molar-refractivity contribution in [1.29, 1.82) is 0 Å². The average Bonchev–Trinajstić information content (AvgIpc) is 3.03. The zero-order valence-electron chi connectivity index (χ0n) is 19.3. The van der Waals surface area contributed by atoms with Crippen LogP contribution < -0.4 is 5.43 Å². The topological polar surface area (TPSA) is 72.2 Å². The first-order chi connectivity index (χ1) is 15.9. The first-order valence-corrected chi connectivity index (χ1v) is 11.8. The zero-order valence-corrected chi connectivity index (χ0v) is 20.1. The molecule has 0 bridgehead atoms. The van der Waals surface area contributed by atoms with Gasteiger partial charge in [-0.15, -0.1) is 0 Å². The van der Waals surface area contributed by atoms with Crippen LogP contribution in [0.5, 0.6) is 0 Å². The number of hydrogen-bond donors (Lipinski definition) is 1. The Morgan fingerprint density at radius 2 is 1.76 bits per heavy atom. The number of aryl methyl sites for hydroxylation is 3. The van der Waals surface area contributed by atoms with Gasteiger partial charge < -0.3 is 4.57 Å². The summed E-state index contributed by atoms with van der Waals surface area (Å²) in [7, 11) is 0. The third-order valence-electron chi connectivity index (χ3n) is 5.39. The number of benzene rings is 2. The van der Waals surface area contributed by atoms with E-state index in [1.165, 1.54) is 22.9 Å². The maximum atomic E-state index is 12.3. The number of carbonyl (C=O) groups excluding carboxylic acids is 1. The molecule has 7 heteroatoms. The molecule has 0 radical (unpaired) electrons. The molecule has 0 saturated carbocycles. The number of thioether (sulfide) groups is 1. The van der Waals surface area contributed by atoms with Crippen molar-refractivity contribution in [3.63, 3.8) is 0 Å². The van der Waals surface area contributed by atoms with Gasteiger partial charge in [0, 0.05) is 40.1 Å². The van der Waals surface area contributed by atoms with Crippen molar-refractivity contribution < 1.29 is 4.79 Å². The summed E-state index contributed by atoms with van der Waals surface area (Å²) in [5.41, 5.74) is 10.1. The second-order valence-electron chi connectivity index (χ2n) is 8.11. The number of carbonyl (C=O) groups is 1. The summed E-state index contributed by atoms with van der Waals surface area (Å²) in [4.78, 5) is 21.0. The Bertz CT molecular complexity index is 1310. The molecular weight excluding hydrogens is 430 g/mol. The molecule has 4 aromatic rings. The van der Waals surface area contributed by atoms with Crippen molar-refractivity contribution in [2.24, 2.45) is 5.10 Å². The van der Waals surface area contributed by atoms with E-state index in [1.54, 1.807) is 6.21 Å². The number of aromatic nitrogens is 3. The van der Waals surface area contributed by atoms with Crippen molar-refractivity contribution in [2.75, 3.05) is 5.75 Å². The van der Waals surface area contributed by atoms with Crippen molar-refractivity contribution in [2.45, 2.75) is 39.4 Å². The van der Waals surface area contributed by atoms with Crippen molar-refractivity contribution in [3.8, 4) is 0 Å². The number of hydrogen-bond acceptors (Lipinski definition) is 5. The molecule has 0 aliphatic carbocycles. The Morgan fingerprint density at radius 1 is 1.03 bits per heavy atom. The number of rotatable bonds is 7. The van der Waals surface area contributed by atoms with Gasteiger partial charge in [0.05, 0.1) is 12.0 Å². The van der Waals surface area contributed by atoms with Gasteiger partial charge in [-0.25, -0.2) is 15.4 Å². The number of amides is 1. The summed E-state index contributed by atoms with van der Waals surface area (Å²) in [6.07, 6.45) is 1.74. The molecule has 2 heterocycles. The second-order valence-corrected chi connectivity index (χ2v) is 9.05. The van der Waals surface area contributed by atoms with Gasteiger partial charge in [0.15, 0.2) is 5.16 Å². The maximum Gasteiger partial charge on any atom is 0.250 e. The predicted molar refractivity (Wildman–Crippen MR) is 135 cm³/mol. The Morgan fingerprint density at radius 3 is 2.48 bits per heavy atom. The molecule has 2 aromatic heterocycles. The van der Waals surface area contributed by atoms with Gasteiger partial charge in [-0.3, -0.25) is 4.79 Å². The third-order valence-corrected chi connectivity index (χ3v) is 6.24. The lowest BCUT2D eigenvalue weighted by Gasteiger charge is -2.08. The standard InChI is InChI=1S/C26H27N5OS/c1-17-10-11-24-22(12-17)23(20(4)31(24)15-21-8-6-5-7-9-21)14-27-30-25(32)16-33-26-28-18(2)13-19(3)29-26/h5-14H,15-16H2,1-4H3,(H,30,32)/b27-14+. The van der Waals surface area contributed by atoms with E-state index in [4.69, 9.17) is 0 Å². The molecule has 0 aliphatic heterocycles. The molecule has 0 fully saturated rings. The number of nitrogens with one attached hydrogen (secondary N) is 1. The van der Waals surface area contributed by atoms with Gasteiger partial charge in [0.1, 0.15) is 0 Å².